The minimum Gasteiger partial charge on any atom is -0.342 e. The van der Waals surface area contributed by atoms with E-state index in [4.69, 9.17) is 5.73 Å². The first kappa shape index (κ1) is 14.5. The van der Waals surface area contributed by atoms with Crippen molar-refractivity contribution >= 4 is 11.4 Å². The van der Waals surface area contributed by atoms with Crippen LogP contribution in [0.15, 0.2) is 42.5 Å². The van der Waals surface area contributed by atoms with Crippen LogP contribution in [0.4, 0.5) is 20.2 Å². The van der Waals surface area contributed by atoms with Crippen molar-refractivity contribution in [1.29, 1.82) is 0 Å². The van der Waals surface area contributed by atoms with E-state index in [1.165, 1.54) is 18.2 Å². The summed E-state index contributed by atoms with van der Waals surface area (Å²) in [5, 5.41) is 0. The van der Waals surface area contributed by atoms with E-state index >= 15 is 0 Å². The number of halogens is 2. The standard InChI is InChI=1S/C16H18F2N2/c1-11(19)9-12-5-3-8-15(18)16(12)20(2)14-7-4-6-13(17)10-14/h3-8,10-11H,9,19H2,1-2H3. The zero-order valence-corrected chi connectivity index (χ0v) is 11.6. The van der Waals surface area contributed by atoms with Crippen LogP contribution in [0.25, 0.3) is 0 Å². The summed E-state index contributed by atoms with van der Waals surface area (Å²) in [6.07, 6.45) is 0.562. The zero-order valence-electron chi connectivity index (χ0n) is 11.6. The number of benzene rings is 2. The number of rotatable bonds is 4. The molecule has 2 N–H and O–H groups in total. The fourth-order valence-electron chi connectivity index (χ4n) is 2.26. The van der Waals surface area contributed by atoms with Crippen molar-refractivity contribution < 1.29 is 8.78 Å². The van der Waals surface area contributed by atoms with Gasteiger partial charge in [0.1, 0.15) is 11.6 Å². The molecule has 1 unspecified atom stereocenters. The topological polar surface area (TPSA) is 29.3 Å². The minimum absolute atomic E-state index is 0.0727. The maximum atomic E-state index is 14.2. The molecule has 2 aromatic rings. The largest absolute Gasteiger partial charge is 0.342 e. The Balaban J connectivity index is 2.45. The molecule has 0 saturated heterocycles. The molecule has 0 saturated carbocycles. The van der Waals surface area contributed by atoms with Crippen LogP contribution in [-0.4, -0.2) is 13.1 Å². The molecular formula is C16H18F2N2. The molecule has 0 fully saturated rings. The van der Waals surface area contributed by atoms with Gasteiger partial charge in [-0.05, 0) is 43.2 Å². The molecule has 0 amide bonds. The van der Waals surface area contributed by atoms with Crippen LogP contribution in [-0.2, 0) is 6.42 Å². The number of hydrogen-bond donors (Lipinski definition) is 1. The van der Waals surface area contributed by atoms with Gasteiger partial charge in [0.2, 0.25) is 0 Å². The first-order valence-corrected chi connectivity index (χ1v) is 6.51. The summed E-state index contributed by atoms with van der Waals surface area (Å²) >= 11 is 0. The van der Waals surface area contributed by atoms with Crippen LogP contribution in [0.5, 0.6) is 0 Å². The van der Waals surface area contributed by atoms with Gasteiger partial charge in [0, 0.05) is 18.8 Å². The molecule has 0 heterocycles. The lowest BCUT2D eigenvalue weighted by Crippen LogP contribution is -2.21. The highest BCUT2D eigenvalue weighted by Gasteiger charge is 2.15. The average molecular weight is 276 g/mol. The SMILES string of the molecule is CC(N)Cc1cccc(F)c1N(C)c1cccc(F)c1. The molecule has 2 rings (SSSR count). The van der Waals surface area contributed by atoms with Crippen molar-refractivity contribution in [1.82, 2.24) is 0 Å². The Morgan fingerprint density at radius 3 is 2.50 bits per heavy atom. The van der Waals surface area contributed by atoms with Crippen LogP contribution in [0.3, 0.4) is 0 Å². The Bertz CT molecular complexity index is 597. The molecule has 2 nitrogen and oxygen atoms in total. The molecule has 0 spiro atoms. The molecule has 0 radical (unpaired) electrons. The fraction of sp³-hybridized carbons (Fsp3) is 0.250. The maximum Gasteiger partial charge on any atom is 0.147 e. The van der Waals surface area contributed by atoms with Gasteiger partial charge in [-0.2, -0.15) is 0 Å². The van der Waals surface area contributed by atoms with Crippen LogP contribution >= 0.6 is 0 Å². The monoisotopic (exact) mass is 276 g/mol. The van der Waals surface area contributed by atoms with Crippen LogP contribution in [0, 0.1) is 11.6 Å². The second-order valence-electron chi connectivity index (χ2n) is 4.97. The van der Waals surface area contributed by atoms with E-state index in [1.807, 2.05) is 13.0 Å². The highest BCUT2D eigenvalue weighted by molar-refractivity contribution is 5.66. The molecular weight excluding hydrogens is 258 g/mol. The fourth-order valence-corrected chi connectivity index (χ4v) is 2.26. The summed E-state index contributed by atoms with van der Waals surface area (Å²) in [7, 11) is 1.72. The predicted octanol–water partition coefficient (Wildman–Crippen LogP) is 3.62. The third-order valence-corrected chi connectivity index (χ3v) is 3.14. The van der Waals surface area contributed by atoms with Crippen molar-refractivity contribution in [3.63, 3.8) is 0 Å². The van der Waals surface area contributed by atoms with Gasteiger partial charge in [0.05, 0.1) is 5.69 Å². The molecule has 4 heteroatoms. The number of para-hydroxylation sites is 1. The first-order chi connectivity index (χ1) is 9.49. The number of hydrogen-bond acceptors (Lipinski definition) is 2. The smallest absolute Gasteiger partial charge is 0.147 e. The van der Waals surface area contributed by atoms with Gasteiger partial charge in [-0.3, -0.25) is 0 Å². The zero-order chi connectivity index (χ0) is 14.7. The quantitative estimate of drug-likeness (QED) is 0.924. The van der Waals surface area contributed by atoms with Crippen molar-refractivity contribution in [2.24, 2.45) is 5.73 Å². The van der Waals surface area contributed by atoms with E-state index in [0.29, 0.717) is 17.8 Å². The second kappa shape index (κ2) is 6.01. The van der Waals surface area contributed by atoms with Crippen LogP contribution in [0.1, 0.15) is 12.5 Å². The van der Waals surface area contributed by atoms with Crippen molar-refractivity contribution in [3.8, 4) is 0 Å². The third-order valence-electron chi connectivity index (χ3n) is 3.14. The van der Waals surface area contributed by atoms with E-state index in [0.717, 1.165) is 5.56 Å². The van der Waals surface area contributed by atoms with Gasteiger partial charge in [0.25, 0.3) is 0 Å². The maximum absolute atomic E-state index is 14.2. The van der Waals surface area contributed by atoms with E-state index in [1.54, 1.807) is 30.1 Å². The van der Waals surface area contributed by atoms with Crippen molar-refractivity contribution in [3.05, 3.63) is 59.7 Å². The molecule has 0 bridgehead atoms. The van der Waals surface area contributed by atoms with Crippen molar-refractivity contribution in [2.75, 3.05) is 11.9 Å². The minimum atomic E-state index is -0.348. The molecule has 2 aromatic carbocycles. The summed E-state index contributed by atoms with van der Waals surface area (Å²) < 4.78 is 27.5. The molecule has 0 aliphatic carbocycles. The Kier molecular flexibility index (Phi) is 4.35. The summed E-state index contributed by atoms with van der Waals surface area (Å²) in [6, 6.07) is 10.9. The van der Waals surface area contributed by atoms with E-state index in [9.17, 15) is 8.78 Å². The number of anilines is 2. The lowest BCUT2D eigenvalue weighted by molar-refractivity contribution is 0.620. The Hall–Kier alpha value is -1.94. The average Bonchev–Trinajstić information content (AvgIpc) is 2.37. The molecule has 0 aliphatic rings. The lowest BCUT2D eigenvalue weighted by atomic mass is 10.0. The molecule has 1 atom stereocenters. The Morgan fingerprint density at radius 1 is 1.15 bits per heavy atom. The van der Waals surface area contributed by atoms with Gasteiger partial charge in [0.15, 0.2) is 0 Å². The number of nitrogens with two attached hydrogens (primary N) is 1. The van der Waals surface area contributed by atoms with Crippen molar-refractivity contribution in [2.45, 2.75) is 19.4 Å². The summed E-state index contributed by atoms with van der Waals surface area (Å²) in [6.45, 7) is 1.87. The van der Waals surface area contributed by atoms with Gasteiger partial charge >= 0.3 is 0 Å². The molecule has 0 aromatic heterocycles. The van der Waals surface area contributed by atoms with Crippen LogP contribution in [0.2, 0.25) is 0 Å². The normalized spacial score (nSPS) is 12.2. The van der Waals surface area contributed by atoms with E-state index < -0.39 is 0 Å². The van der Waals surface area contributed by atoms with Gasteiger partial charge in [-0.1, -0.05) is 18.2 Å². The Morgan fingerprint density at radius 2 is 1.85 bits per heavy atom. The Labute approximate surface area is 117 Å². The lowest BCUT2D eigenvalue weighted by Gasteiger charge is -2.24. The van der Waals surface area contributed by atoms with E-state index in [-0.39, 0.29) is 17.7 Å². The van der Waals surface area contributed by atoms with Gasteiger partial charge < -0.3 is 10.6 Å². The molecule has 20 heavy (non-hydrogen) atoms. The summed E-state index contributed by atoms with van der Waals surface area (Å²) in [4.78, 5) is 1.65. The highest BCUT2D eigenvalue weighted by Crippen LogP contribution is 2.30. The first-order valence-electron chi connectivity index (χ1n) is 6.51. The molecule has 106 valence electrons. The van der Waals surface area contributed by atoms with Gasteiger partial charge in [-0.25, -0.2) is 8.78 Å². The second-order valence-corrected chi connectivity index (χ2v) is 4.97. The predicted molar refractivity (Wildman–Crippen MR) is 78.2 cm³/mol. The molecule has 0 aliphatic heterocycles. The third kappa shape index (κ3) is 3.14. The highest BCUT2D eigenvalue weighted by atomic mass is 19.1. The number of nitrogens with zero attached hydrogens (tertiary/aromatic N) is 1. The summed E-state index contributed by atoms with van der Waals surface area (Å²) in [5.74, 6) is -0.686. The van der Waals surface area contributed by atoms with Gasteiger partial charge in [-0.15, -0.1) is 0 Å². The van der Waals surface area contributed by atoms with Crippen LogP contribution < -0.4 is 10.6 Å². The summed E-state index contributed by atoms with van der Waals surface area (Å²) in [5.41, 5.74) is 7.66. The van der Waals surface area contributed by atoms with E-state index in [2.05, 4.69) is 0 Å².